The fourth-order valence-corrected chi connectivity index (χ4v) is 2.54. The number of imidazole rings is 1. The van der Waals surface area contributed by atoms with Crippen LogP contribution in [0.15, 0.2) is 36.8 Å². The van der Waals surface area contributed by atoms with Crippen LogP contribution in [0.25, 0.3) is 16.9 Å². The predicted octanol–water partition coefficient (Wildman–Crippen LogP) is 4.13. The van der Waals surface area contributed by atoms with Crippen molar-refractivity contribution >= 4 is 17.2 Å². The van der Waals surface area contributed by atoms with Crippen LogP contribution in [-0.4, -0.2) is 14.4 Å². The van der Waals surface area contributed by atoms with Gasteiger partial charge in [-0.15, -0.1) is 0 Å². The van der Waals surface area contributed by atoms with Crippen LogP contribution in [0.1, 0.15) is 11.3 Å². The van der Waals surface area contributed by atoms with Crippen molar-refractivity contribution in [2.75, 3.05) is 0 Å². The molecule has 0 fully saturated rings. The first-order chi connectivity index (χ1) is 10.9. The predicted molar refractivity (Wildman–Crippen MR) is 77.8 cm³/mol. The van der Waals surface area contributed by atoms with Gasteiger partial charge < -0.3 is 4.40 Å². The fourth-order valence-electron chi connectivity index (χ4n) is 2.29. The molecule has 3 aromatic rings. The van der Waals surface area contributed by atoms with Gasteiger partial charge >= 0.3 is 6.18 Å². The van der Waals surface area contributed by atoms with Crippen molar-refractivity contribution < 1.29 is 13.2 Å². The van der Waals surface area contributed by atoms with Crippen LogP contribution in [0, 0.1) is 11.3 Å². The maximum absolute atomic E-state index is 13.0. The summed E-state index contributed by atoms with van der Waals surface area (Å²) >= 11 is 5.96. The van der Waals surface area contributed by atoms with E-state index < -0.39 is 11.7 Å². The molecule has 3 heterocycles. The lowest BCUT2D eigenvalue weighted by atomic mass is 10.1. The van der Waals surface area contributed by atoms with Crippen LogP contribution in [0.4, 0.5) is 13.2 Å². The Morgan fingerprint density at radius 2 is 1.96 bits per heavy atom. The molecule has 116 valence electrons. The zero-order chi connectivity index (χ0) is 16.6. The summed E-state index contributed by atoms with van der Waals surface area (Å²) in [7, 11) is 0. The van der Waals surface area contributed by atoms with Crippen molar-refractivity contribution in [2.45, 2.75) is 12.6 Å². The molecule has 0 N–H and O–H groups in total. The maximum atomic E-state index is 13.0. The van der Waals surface area contributed by atoms with Gasteiger partial charge in [0.2, 0.25) is 0 Å². The Balaban J connectivity index is 2.33. The number of fused-ring (bicyclic) bond motifs is 1. The summed E-state index contributed by atoms with van der Waals surface area (Å²) in [6, 6.07) is 6.11. The van der Waals surface area contributed by atoms with Gasteiger partial charge in [-0.2, -0.15) is 18.4 Å². The standard InChI is InChI=1S/C15H8ClF3N4/c16-11-7-10(15(17,18)19)8-23-12(1-4-20)13(22-14(11)23)9-2-5-21-6-3-9/h2-3,5-8H,1H2. The minimum Gasteiger partial charge on any atom is -0.301 e. The summed E-state index contributed by atoms with van der Waals surface area (Å²) in [6.07, 6.45) is -0.651. The number of nitrogens with zero attached hydrogens (tertiary/aromatic N) is 4. The molecule has 0 atom stereocenters. The van der Waals surface area contributed by atoms with Gasteiger partial charge in [0, 0.05) is 24.2 Å². The van der Waals surface area contributed by atoms with Crippen LogP contribution in [-0.2, 0) is 12.6 Å². The molecule has 3 rings (SSSR count). The van der Waals surface area contributed by atoms with E-state index in [1.165, 1.54) is 16.8 Å². The monoisotopic (exact) mass is 336 g/mol. The Morgan fingerprint density at radius 1 is 1.26 bits per heavy atom. The first-order valence-corrected chi connectivity index (χ1v) is 6.84. The van der Waals surface area contributed by atoms with E-state index in [4.69, 9.17) is 16.9 Å². The highest BCUT2D eigenvalue weighted by Gasteiger charge is 2.32. The largest absolute Gasteiger partial charge is 0.417 e. The van der Waals surface area contributed by atoms with E-state index in [1.54, 1.807) is 12.1 Å². The van der Waals surface area contributed by atoms with Crippen molar-refractivity contribution in [3.63, 3.8) is 0 Å². The number of hydrogen-bond acceptors (Lipinski definition) is 3. The average molecular weight is 337 g/mol. The lowest BCUT2D eigenvalue weighted by molar-refractivity contribution is -0.137. The normalized spacial score (nSPS) is 11.6. The molecule has 0 saturated carbocycles. The van der Waals surface area contributed by atoms with Gasteiger partial charge in [0.25, 0.3) is 0 Å². The highest BCUT2D eigenvalue weighted by atomic mass is 35.5. The highest BCUT2D eigenvalue weighted by molar-refractivity contribution is 6.33. The number of hydrogen-bond donors (Lipinski definition) is 0. The first kappa shape index (κ1) is 15.3. The molecule has 0 aliphatic rings. The van der Waals surface area contributed by atoms with Gasteiger partial charge in [-0.25, -0.2) is 4.98 Å². The van der Waals surface area contributed by atoms with E-state index in [0.29, 0.717) is 17.0 Å². The van der Waals surface area contributed by atoms with Crippen molar-refractivity contribution in [1.29, 1.82) is 5.26 Å². The van der Waals surface area contributed by atoms with Crippen LogP contribution < -0.4 is 0 Å². The smallest absolute Gasteiger partial charge is 0.301 e. The summed E-state index contributed by atoms with van der Waals surface area (Å²) in [4.78, 5) is 8.20. The van der Waals surface area contributed by atoms with Gasteiger partial charge in [-0.05, 0) is 18.2 Å². The first-order valence-electron chi connectivity index (χ1n) is 6.47. The summed E-state index contributed by atoms with van der Waals surface area (Å²) in [6.45, 7) is 0. The molecule has 0 saturated heterocycles. The SMILES string of the molecule is N#CCc1c(-c2ccncc2)nc2c(Cl)cc(C(F)(F)F)cn12. The molecule has 4 nitrogen and oxygen atoms in total. The lowest BCUT2D eigenvalue weighted by Gasteiger charge is -2.09. The zero-order valence-corrected chi connectivity index (χ0v) is 12.2. The molecule has 0 aromatic carbocycles. The number of nitriles is 1. The number of alkyl halides is 3. The zero-order valence-electron chi connectivity index (χ0n) is 11.5. The van der Waals surface area contributed by atoms with Crippen molar-refractivity contribution in [1.82, 2.24) is 14.4 Å². The van der Waals surface area contributed by atoms with E-state index >= 15 is 0 Å². The van der Waals surface area contributed by atoms with Gasteiger partial charge in [-0.1, -0.05) is 11.6 Å². The molecule has 23 heavy (non-hydrogen) atoms. The van der Waals surface area contributed by atoms with Crippen molar-refractivity contribution in [2.24, 2.45) is 0 Å². The second-order valence-electron chi connectivity index (χ2n) is 4.75. The van der Waals surface area contributed by atoms with Gasteiger partial charge in [-0.3, -0.25) is 4.98 Å². The van der Waals surface area contributed by atoms with E-state index in [1.807, 2.05) is 6.07 Å². The summed E-state index contributed by atoms with van der Waals surface area (Å²) in [5.41, 5.74) is 0.694. The molecule has 3 aromatic heterocycles. The molecule has 0 aliphatic carbocycles. The van der Waals surface area contributed by atoms with Crippen molar-refractivity contribution in [3.8, 4) is 17.3 Å². The van der Waals surface area contributed by atoms with E-state index in [2.05, 4.69) is 9.97 Å². The third kappa shape index (κ3) is 2.73. The number of halogens is 4. The Hall–Kier alpha value is -2.59. The molecule has 0 amide bonds. The van der Waals surface area contributed by atoms with E-state index in [-0.39, 0.29) is 17.1 Å². The quantitative estimate of drug-likeness (QED) is 0.707. The van der Waals surface area contributed by atoms with E-state index in [9.17, 15) is 13.2 Å². The third-order valence-corrected chi connectivity index (χ3v) is 3.58. The second kappa shape index (κ2) is 5.56. The second-order valence-corrected chi connectivity index (χ2v) is 5.15. The topological polar surface area (TPSA) is 54.0 Å². The Bertz CT molecular complexity index is 910. The Kier molecular flexibility index (Phi) is 3.70. The summed E-state index contributed by atoms with van der Waals surface area (Å²) in [5.74, 6) is 0. The molecule has 0 spiro atoms. The maximum Gasteiger partial charge on any atom is 0.417 e. The molecular weight excluding hydrogens is 329 g/mol. The highest BCUT2D eigenvalue weighted by Crippen LogP contribution is 2.34. The van der Waals surface area contributed by atoms with Crippen LogP contribution >= 0.6 is 11.6 Å². The number of aromatic nitrogens is 3. The molecule has 0 radical (unpaired) electrons. The van der Waals surface area contributed by atoms with Crippen molar-refractivity contribution in [3.05, 3.63) is 53.1 Å². The van der Waals surface area contributed by atoms with E-state index in [0.717, 1.165) is 12.3 Å². The fraction of sp³-hybridized carbons (Fsp3) is 0.133. The van der Waals surface area contributed by atoms with Gasteiger partial charge in [0.05, 0.1) is 34.5 Å². The summed E-state index contributed by atoms with van der Waals surface area (Å²) in [5, 5.41) is 8.88. The number of rotatable bonds is 2. The summed E-state index contributed by atoms with van der Waals surface area (Å²) < 4.78 is 40.2. The lowest BCUT2D eigenvalue weighted by Crippen LogP contribution is -2.07. The van der Waals surface area contributed by atoms with Crippen LogP contribution in [0.2, 0.25) is 5.02 Å². The van der Waals surface area contributed by atoms with Gasteiger partial charge in [0.15, 0.2) is 5.65 Å². The number of pyridine rings is 2. The molecule has 0 aliphatic heterocycles. The Morgan fingerprint density at radius 3 is 2.57 bits per heavy atom. The molecule has 0 unspecified atom stereocenters. The minimum absolute atomic E-state index is 0.101. The average Bonchev–Trinajstić information content (AvgIpc) is 2.87. The van der Waals surface area contributed by atoms with Crippen LogP contribution in [0.3, 0.4) is 0 Å². The third-order valence-electron chi connectivity index (χ3n) is 3.30. The minimum atomic E-state index is -4.54. The van der Waals surface area contributed by atoms with Crippen LogP contribution in [0.5, 0.6) is 0 Å². The molecule has 0 bridgehead atoms. The van der Waals surface area contributed by atoms with Gasteiger partial charge in [0.1, 0.15) is 0 Å². The Labute approximate surface area is 133 Å². The molecule has 8 heteroatoms. The molecular formula is C15H8ClF3N4.